The average Bonchev–Trinajstić information content (AvgIpc) is 2.26. The second-order valence-electron chi connectivity index (χ2n) is 3.19. The third-order valence-electron chi connectivity index (χ3n) is 2.05. The largest absolute Gasteiger partial charge is 0.496 e. The van der Waals surface area contributed by atoms with Crippen LogP contribution in [0.4, 0.5) is 0 Å². The van der Waals surface area contributed by atoms with E-state index in [0.717, 1.165) is 0 Å². The van der Waals surface area contributed by atoms with Crippen LogP contribution >= 0.6 is 15.9 Å². The van der Waals surface area contributed by atoms with Crippen LogP contribution in [0.15, 0.2) is 27.6 Å². The van der Waals surface area contributed by atoms with Crippen LogP contribution in [0.2, 0.25) is 0 Å². The number of rotatable bonds is 5. The molecule has 0 spiro atoms. The lowest BCUT2D eigenvalue weighted by Crippen LogP contribution is -2.08. The molecule has 1 N–H and O–H groups in total. The van der Waals surface area contributed by atoms with Crippen molar-refractivity contribution in [2.45, 2.75) is 11.3 Å². The van der Waals surface area contributed by atoms with Gasteiger partial charge in [-0.3, -0.25) is 0 Å². The topological polar surface area (TPSA) is 63.6 Å². The zero-order valence-electron chi connectivity index (χ0n) is 8.81. The molecule has 1 aromatic rings. The van der Waals surface area contributed by atoms with Crippen molar-refractivity contribution in [3.63, 3.8) is 0 Å². The smallest absolute Gasteiger partial charge is 0.178 e. The summed E-state index contributed by atoms with van der Waals surface area (Å²) in [7, 11) is -1.80. The molecular formula is C10H13BrO4S. The van der Waals surface area contributed by atoms with Crippen LogP contribution in [0.3, 0.4) is 0 Å². The van der Waals surface area contributed by atoms with Gasteiger partial charge in [-0.25, -0.2) is 8.42 Å². The second-order valence-corrected chi connectivity index (χ2v) is 6.16. The first-order chi connectivity index (χ1) is 7.51. The van der Waals surface area contributed by atoms with Crippen LogP contribution in [-0.4, -0.2) is 33.0 Å². The van der Waals surface area contributed by atoms with E-state index in [4.69, 9.17) is 9.84 Å². The Hall–Kier alpha value is -0.590. The van der Waals surface area contributed by atoms with E-state index in [1.54, 1.807) is 6.07 Å². The number of halogens is 1. The van der Waals surface area contributed by atoms with Gasteiger partial charge in [0, 0.05) is 6.61 Å². The minimum Gasteiger partial charge on any atom is -0.496 e. The van der Waals surface area contributed by atoms with Crippen molar-refractivity contribution >= 4 is 25.8 Å². The fourth-order valence-corrected chi connectivity index (χ4v) is 3.22. The van der Waals surface area contributed by atoms with E-state index in [0.29, 0.717) is 10.2 Å². The molecule has 0 aliphatic rings. The molecule has 0 bridgehead atoms. The summed E-state index contributed by atoms with van der Waals surface area (Å²) in [4.78, 5) is 0.230. The Labute approximate surface area is 103 Å². The van der Waals surface area contributed by atoms with E-state index < -0.39 is 9.84 Å². The highest BCUT2D eigenvalue weighted by Crippen LogP contribution is 2.27. The SMILES string of the molecule is COc1ccc(S(=O)(=O)CCCO)cc1Br. The molecule has 0 saturated heterocycles. The first-order valence-corrected chi connectivity index (χ1v) is 7.13. The van der Waals surface area contributed by atoms with Crippen molar-refractivity contribution < 1.29 is 18.3 Å². The van der Waals surface area contributed by atoms with Gasteiger partial charge < -0.3 is 9.84 Å². The molecule has 16 heavy (non-hydrogen) atoms. The predicted octanol–water partition coefficient (Wildman–Crippen LogP) is 1.61. The Morgan fingerprint density at radius 2 is 2.12 bits per heavy atom. The fourth-order valence-electron chi connectivity index (χ4n) is 1.21. The number of aliphatic hydroxyl groups excluding tert-OH is 1. The van der Waals surface area contributed by atoms with Crippen molar-refractivity contribution in [1.29, 1.82) is 0 Å². The monoisotopic (exact) mass is 308 g/mol. The van der Waals surface area contributed by atoms with Crippen LogP contribution in [0.1, 0.15) is 6.42 Å². The summed E-state index contributed by atoms with van der Waals surface area (Å²) in [6.45, 7) is -0.128. The number of hydrogen-bond donors (Lipinski definition) is 1. The van der Waals surface area contributed by atoms with Crippen molar-refractivity contribution in [2.75, 3.05) is 19.5 Å². The first-order valence-electron chi connectivity index (χ1n) is 4.68. The number of aliphatic hydroxyl groups is 1. The highest BCUT2D eigenvalue weighted by molar-refractivity contribution is 9.10. The number of benzene rings is 1. The number of ether oxygens (including phenoxy) is 1. The molecule has 90 valence electrons. The molecule has 0 aliphatic heterocycles. The average molecular weight is 309 g/mol. The summed E-state index contributed by atoms with van der Waals surface area (Å²) < 4.78 is 29.1. The van der Waals surface area contributed by atoms with Crippen molar-refractivity contribution in [3.05, 3.63) is 22.7 Å². The molecule has 1 rings (SSSR count). The summed E-state index contributed by atoms with van der Waals surface area (Å²) >= 11 is 3.23. The van der Waals surface area contributed by atoms with E-state index in [2.05, 4.69) is 15.9 Å². The molecule has 0 heterocycles. The molecular weight excluding hydrogens is 296 g/mol. The fraction of sp³-hybridized carbons (Fsp3) is 0.400. The van der Waals surface area contributed by atoms with Gasteiger partial charge in [0.2, 0.25) is 0 Å². The van der Waals surface area contributed by atoms with E-state index in [-0.39, 0.29) is 23.7 Å². The third-order valence-corrected chi connectivity index (χ3v) is 4.47. The lowest BCUT2D eigenvalue weighted by Gasteiger charge is -2.07. The molecule has 1 aromatic carbocycles. The van der Waals surface area contributed by atoms with Gasteiger partial charge in [0.15, 0.2) is 9.84 Å². The Bertz CT molecular complexity index is 456. The minimum absolute atomic E-state index is 0.0533. The summed E-state index contributed by atoms with van der Waals surface area (Å²) in [5.41, 5.74) is 0. The van der Waals surface area contributed by atoms with Crippen LogP contribution in [0, 0.1) is 0 Å². The molecule has 0 unspecified atom stereocenters. The van der Waals surface area contributed by atoms with Crippen molar-refractivity contribution in [3.8, 4) is 5.75 Å². The lowest BCUT2D eigenvalue weighted by molar-refractivity contribution is 0.295. The highest BCUT2D eigenvalue weighted by atomic mass is 79.9. The summed E-state index contributed by atoms with van der Waals surface area (Å²) in [5, 5.41) is 8.62. The quantitative estimate of drug-likeness (QED) is 0.897. The first kappa shape index (κ1) is 13.5. The van der Waals surface area contributed by atoms with Crippen LogP contribution in [-0.2, 0) is 9.84 Å². The van der Waals surface area contributed by atoms with Gasteiger partial charge in [-0.05, 0) is 40.5 Å². The molecule has 0 atom stereocenters. The Morgan fingerprint density at radius 1 is 1.44 bits per heavy atom. The van der Waals surface area contributed by atoms with E-state index in [9.17, 15) is 8.42 Å². The normalized spacial score (nSPS) is 11.4. The number of sulfone groups is 1. The zero-order chi connectivity index (χ0) is 12.2. The number of methoxy groups -OCH3 is 1. The number of hydrogen-bond acceptors (Lipinski definition) is 4. The molecule has 4 nitrogen and oxygen atoms in total. The van der Waals surface area contributed by atoms with Crippen LogP contribution in [0.25, 0.3) is 0 Å². The Morgan fingerprint density at radius 3 is 2.62 bits per heavy atom. The van der Waals surface area contributed by atoms with Gasteiger partial charge in [-0.15, -0.1) is 0 Å². The molecule has 6 heteroatoms. The molecule has 0 saturated carbocycles. The Balaban J connectivity index is 3.01. The third kappa shape index (κ3) is 3.20. The van der Waals surface area contributed by atoms with Gasteiger partial charge in [-0.1, -0.05) is 0 Å². The minimum atomic E-state index is -3.32. The van der Waals surface area contributed by atoms with E-state index in [1.807, 2.05) is 0 Å². The molecule has 0 aliphatic carbocycles. The zero-order valence-corrected chi connectivity index (χ0v) is 11.2. The molecule has 0 radical (unpaired) electrons. The molecule has 0 aromatic heterocycles. The standard InChI is InChI=1S/C10H13BrO4S/c1-15-10-4-3-8(7-9(10)11)16(13,14)6-2-5-12/h3-4,7,12H,2,5-6H2,1H3. The predicted molar refractivity (Wildman–Crippen MR) is 64.4 cm³/mol. The van der Waals surface area contributed by atoms with E-state index in [1.165, 1.54) is 19.2 Å². The van der Waals surface area contributed by atoms with Crippen molar-refractivity contribution in [1.82, 2.24) is 0 Å². The van der Waals surface area contributed by atoms with Gasteiger partial charge in [0.25, 0.3) is 0 Å². The van der Waals surface area contributed by atoms with Crippen LogP contribution < -0.4 is 4.74 Å². The van der Waals surface area contributed by atoms with Gasteiger partial charge >= 0.3 is 0 Å². The molecule has 0 amide bonds. The van der Waals surface area contributed by atoms with Gasteiger partial charge in [0.1, 0.15) is 5.75 Å². The van der Waals surface area contributed by atoms with Gasteiger partial charge in [-0.2, -0.15) is 0 Å². The summed E-state index contributed by atoms with van der Waals surface area (Å²) in [6.07, 6.45) is 0.242. The van der Waals surface area contributed by atoms with E-state index >= 15 is 0 Å². The van der Waals surface area contributed by atoms with Crippen molar-refractivity contribution in [2.24, 2.45) is 0 Å². The van der Waals surface area contributed by atoms with Crippen LogP contribution in [0.5, 0.6) is 5.75 Å². The second kappa shape index (κ2) is 5.65. The molecule has 0 fully saturated rings. The maximum atomic E-state index is 11.8. The Kier molecular flexibility index (Phi) is 4.76. The lowest BCUT2D eigenvalue weighted by atomic mass is 10.3. The summed E-state index contributed by atoms with van der Waals surface area (Å²) in [6, 6.07) is 4.59. The maximum absolute atomic E-state index is 11.8. The summed E-state index contributed by atoms with van der Waals surface area (Å²) in [5.74, 6) is 0.531. The maximum Gasteiger partial charge on any atom is 0.178 e. The highest BCUT2D eigenvalue weighted by Gasteiger charge is 2.15. The van der Waals surface area contributed by atoms with Gasteiger partial charge in [0.05, 0.1) is 22.2 Å².